The molecule has 0 aliphatic carbocycles. The van der Waals surface area contributed by atoms with Crippen LogP contribution in [0.15, 0.2) is 83.9 Å². The highest BCUT2D eigenvalue weighted by Crippen LogP contribution is 2.35. The molecule has 4 nitrogen and oxygen atoms in total. The van der Waals surface area contributed by atoms with Gasteiger partial charge in [-0.15, -0.1) is 0 Å². The van der Waals surface area contributed by atoms with Crippen molar-refractivity contribution in [1.29, 1.82) is 0 Å². The zero-order valence-electron chi connectivity index (χ0n) is 31.0. The van der Waals surface area contributed by atoms with E-state index >= 15 is 0 Å². The van der Waals surface area contributed by atoms with Crippen molar-refractivity contribution in [1.82, 2.24) is 4.90 Å². The fraction of sp³-hybridized carbons (Fsp3) is 0.475. The number of carbonyl (C=O) groups is 1. The van der Waals surface area contributed by atoms with E-state index in [0.717, 1.165) is 33.7 Å². The molecule has 1 amide bonds. The van der Waals surface area contributed by atoms with Crippen molar-refractivity contribution in [2.45, 2.75) is 114 Å². The predicted octanol–water partition coefficient (Wildman–Crippen LogP) is 12.7. The number of amides is 1. The van der Waals surface area contributed by atoms with Crippen LogP contribution in [-0.4, -0.2) is 36.4 Å². The Balaban J connectivity index is 0. The van der Waals surface area contributed by atoms with Crippen molar-refractivity contribution in [3.8, 4) is 0 Å². The normalized spacial score (nSPS) is 11.3. The molecule has 0 aliphatic heterocycles. The molecule has 0 unspecified atom stereocenters. The van der Waals surface area contributed by atoms with E-state index < -0.39 is 5.60 Å². The van der Waals surface area contributed by atoms with Gasteiger partial charge in [0.15, 0.2) is 0 Å². The zero-order chi connectivity index (χ0) is 35.0. The number of thioether (sulfide) groups is 1. The number of hydrogen-bond acceptors (Lipinski definition) is 4. The van der Waals surface area contributed by atoms with Crippen LogP contribution in [0.4, 0.5) is 4.79 Å². The molecule has 0 radical (unpaired) electrons. The lowest BCUT2D eigenvalue weighted by atomic mass is 10.0. The van der Waals surface area contributed by atoms with Gasteiger partial charge in [0.25, 0.3) is 0 Å². The minimum absolute atomic E-state index is 0.383. The summed E-state index contributed by atoms with van der Waals surface area (Å²) in [6, 6.07) is 14.9. The Bertz CT molecular complexity index is 1200. The first-order valence-electron chi connectivity index (χ1n) is 16.6. The van der Waals surface area contributed by atoms with Gasteiger partial charge in [0.05, 0.1) is 13.2 Å². The molecular weight excluding hydrogens is 575 g/mol. The molecule has 0 N–H and O–H groups in total. The molecule has 0 aromatic heterocycles. The summed E-state index contributed by atoms with van der Waals surface area (Å²) < 4.78 is 11.3. The molecule has 2 rings (SSSR count). The minimum atomic E-state index is -0.585. The van der Waals surface area contributed by atoms with Crippen molar-refractivity contribution >= 4 is 28.3 Å². The third-order valence-corrected chi connectivity index (χ3v) is 7.03. The zero-order valence-corrected chi connectivity index (χ0v) is 31.8. The molecular formula is C40H63NO3S. The summed E-state index contributed by atoms with van der Waals surface area (Å²) in [6.45, 7) is 33.7. The average molecular weight is 638 g/mol. The number of hydrogen-bond donors (Lipinski definition) is 0. The first-order valence-corrected chi connectivity index (χ1v) is 17.4. The monoisotopic (exact) mass is 637 g/mol. The first-order chi connectivity index (χ1) is 21.5. The van der Waals surface area contributed by atoms with Gasteiger partial charge in [-0.2, -0.15) is 0 Å². The standard InChI is InChI=1S/C34H45NO3S.3C2H6/c1-10-22-37-23-21-35(33(36)38-34(7,8)9)31(12-3)20-19-28(11-2)30-17-15-29(16-18-30)27(6)39-32-24-25(4)13-14-26(32)5;3*1-2/h11-20,24H,6,10,21-23H2,1-5,7-9H3;3*1-2H3/b20-19-,28-11+,31-12+;;;. The highest BCUT2D eigenvalue weighted by molar-refractivity contribution is 8.08. The van der Waals surface area contributed by atoms with Crippen molar-refractivity contribution in [2.75, 3.05) is 19.8 Å². The number of aryl methyl sites for hydroxylation is 2. The molecule has 2 aromatic carbocycles. The van der Waals surface area contributed by atoms with Gasteiger partial charge in [0.2, 0.25) is 0 Å². The van der Waals surface area contributed by atoms with Gasteiger partial charge in [-0.25, -0.2) is 4.79 Å². The predicted molar refractivity (Wildman–Crippen MR) is 202 cm³/mol. The molecule has 5 heteroatoms. The van der Waals surface area contributed by atoms with E-state index in [1.807, 2.05) is 94.4 Å². The molecule has 2 aromatic rings. The van der Waals surface area contributed by atoms with E-state index in [0.29, 0.717) is 19.8 Å². The maximum atomic E-state index is 13.0. The molecule has 0 saturated heterocycles. The number of ether oxygens (including phenoxy) is 2. The van der Waals surface area contributed by atoms with E-state index in [1.165, 1.54) is 16.0 Å². The molecule has 0 bridgehead atoms. The highest BCUT2D eigenvalue weighted by Gasteiger charge is 2.23. The van der Waals surface area contributed by atoms with Gasteiger partial charge in [0, 0.05) is 22.1 Å². The molecule has 0 fully saturated rings. The van der Waals surface area contributed by atoms with E-state index in [-0.39, 0.29) is 6.09 Å². The van der Waals surface area contributed by atoms with Gasteiger partial charge in [0.1, 0.15) is 5.60 Å². The fourth-order valence-corrected chi connectivity index (χ4v) is 4.77. The summed E-state index contributed by atoms with van der Waals surface area (Å²) in [5, 5.41) is 0. The largest absolute Gasteiger partial charge is 0.443 e. The van der Waals surface area contributed by atoms with Crippen LogP contribution in [0.5, 0.6) is 0 Å². The first kappa shape index (κ1) is 44.1. The van der Waals surface area contributed by atoms with E-state index in [1.54, 1.807) is 16.7 Å². The SMILES string of the molecule is C=C(Sc1cc(C)ccc1C)c1ccc(C(/C=C\C(=C/C)N(CCOCCC)C(=O)OC(C)(C)C)=C/C)cc1.CC.CC.CC. The maximum absolute atomic E-state index is 13.0. The van der Waals surface area contributed by atoms with Crippen LogP contribution in [0.25, 0.3) is 10.5 Å². The molecule has 0 spiro atoms. The van der Waals surface area contributed by atoms with Crippen LogP contribution in [0, 0.1) is 13.8 Å². The lowest BCUT2D eigenvalue weighted by molar-refractivity contribution is 0.0256. The summed E-state index contributed by atoms with van der Waals surface area (Å²) in [6.07, 6.45) is 8.54. The van der Waals surface area contributed by atoms with Crippen LogP contribution in [0.2, 0.25) is 0 Å². The van der Waals surface area contributed by atoms with Crippen molar-refractivity contribution in [2.24, 2.45) is 0 Å². The molecule has 252 valence electrons. The molecule has 0 atom stereocenters. The molecule has 0 saturated carbocycles. The molecule has 0 aliphatic rings. The van der Waals surface area contributed by atoms with Crippen LogP contribution in [0.3, 0.4) is 0 Å². The van der Waals surface area contributed by atoms with Gasteiger partial charge in [-0.05, 0) is 94.9 Å². The van der Waals surface area contributed by atoms with Crippen LogP contribution in [0.1, 0.15) is 112 Å². The second-order valence-corrected chi connectivity index (χ2v) is 11.5. The number of rotatable bonds is 12. The van der Waals surface area contributed by atoms with Crippen LogP contribution in [-0.2, 0) is 9.47 Å². The molecule has 0 heterocycles. The van der Waals surface area contributed by atoms with Crippen LogP contribution >= 0.6 is 11.8 Å². The van der Waals surface area contributed by atoms with Gasteiger partial charge < -0.3 is 9.47 Å². The number of carbonyl (C=O) groups excluding carboxylic acids is 1. The Kier molecular flexibility index (Phi) is 24.7. The summed E-state index contributed by atoms with van der Waals surface area (Å²) in [7, 11) is 0. The van der Waals surface area contributed by atoms with E-state index in [2.05, 4.69) is 75.9 Å². The van der Waals surface area contributed by atoms with E-state index in [4.69, 9.17) is 9.47 Å². The van der Waals surface area contributed by atoms with Gasteiger partial charge >= 0.3 is 6.09 Å². The Labute approximate surface area is 281 Å². The maximum Gasteiger partial charge on any atom is 0.414 e. The Morgan fingerprint density at radius 1 is 0.867 bits per heavy atom. The van der Waals surface area contributed by atoms with Crippen LogP contribution < -0.4 is 0 Å². The topological polar surface area (TPSA) is 38.8 Å². The number of allylic oxidation sites excluding steroid dienone is 5. The van der Waals surface area contributed by atoms with Crippen molar-refractivity contribution < 1.29 is 14.3 Å². The second-order valence-electron chi connectivity index (χ2n) is 10.4. The summed E-state index contributed by atoms with van der Waals surface area (Å²) in [5.74, 6) is 0. The minimum Gasteiger partial charge on any atom is -0.443 e. The highest BCUT2D eigenvalue weighted by atomic mass is 32.2. The summed E-state index contributed by atoms with van der Waals surface area (Å²) in [4.78, 5) is 16.9. The van der Waals surface area contributed by atoms with E-state index in [9.17, 15) is 4.79 Å². The lowest BCUT2D eigenvalue weighted by Crippen LogP contribution is -2.37. The quantitative estimate of drug-likeness (QED) is 0.132. The third kappa shape index (κ3) is 17.3. The third-order valence-electron chi connectivity index (χ3n) is 5.89. The second kappa shape index (κ2) is 25.2. The Morgan fingerprint density at radius 3 is 1.96 bits per heavy atom. The lowest BCUT2D eigenvalue weighted by Gasteiger charge is -2.28. The summed E-state index contributed by atoms with van der Waals surface area (Å²) in [5.41, 5.74) is 5.92. The Hall–Kier alpha value is -3.02. The smallest absolute Gasteiger partial charge is 0.414 e. The van der Waals surface area contributed by atoms with Crippen molar-refractivity contribution in [3.05, 3.63) is 101 Å². The summed E-state index contributed by atoms with van der Waals surface area (Å²) >= 11 is 1.70. The number of nitrogens with zero attached hydrogens (tertiary/aromatic N) is 1. The number of benzene rings is 2. The van der Waals surface area contributed by atoms with Gasteiger partial charge in [-0.1, -0.05) is 121 Å². The van der Waals surface area contributed by atoms with Crippen molar-refractivity contribution in [3.63, 3.8) is 0 Å². The fourth-order valence-electron chi connectivity index (χ4n) is 3.78. The Morgan fingerprint density at radius 2 is 1.44 bits per heavy atom. The molecule has 45 heavy (non-hydrogen) atoms. The van der Waals surface area contributed by atoms with Gasteiger partial charge in [-0.3, -0.25) is 4.90 Å². The average Bonchev–Trinajstić information content (AvgIpc) is 3.04.